The summed E-state index contributed by atoms with van der Waals surface area (Å²) in [7, 11) is -3.51. The third-order valence-corrected chi connectivity index (χ3v) is 7.86. The minimum absolute atomic E-state index is 0.0908. The fraction of sp³-hybridized carbons (Fsp3) is 0.500. The molecule has 1 aliphatic rings. The number of ether oxygens (including phenoxy) is 1. The minimum atomic E-state index is -3.51. The van der Waals surface area contributed by atoms with Gasteiger partial charge in [0.25, 0.3) is 0 Å². The first kappa shape index (κ1) is 22.0. The largest absolute Gasteiger partial charge is 0.375 e. The van der Waals surface area contributed by atoms with Crippen LogP contribution >= 0.6 is 0 Å². The SMILES string of the molecule is CC[C@@]1(C)C[C@](CCNS(=O)(=O)c2ccc(C)cc2)(c2ccc(C)cc2)CCO1. The molecule has 1 saturated heterocycles. The van der Waals surface area contributed by atoms with E-state index in [0.717, 1.165) is 31.2 Å². The average molecular weight is 416 g/mol. The molecule has 4 nitrogen and oxygen atoms in total. The van der Waals surface area contributed by atoms with Crippen molar-refractivity contribution in [3.05, 3.63) is 65.2 Å². The van der Waals surface area contributed by atoms with Gasteiger partial charge >= 0.3 is 0 Å². The van der Waals surface area contributed by atoms with Crippen molar-refractivity contribution in [3.63, 3.8) is 0 Å². The molecule has 3 rings (SSSR count). The van der Waals surface area contributed by atoms with Gasteiger partial charge in [-0.3, -0.25) is 0 Å². The molecular formula is C24H33NO3S. The molecule has 1 N–H and O–H groups in total. The van der Waals surface area contributed by atoms with Crippen molar-refractivity contribution < 1.29 is 13.2 Å². The lowest BCUT2D eigenvalue weighted by Crippen LogP contribution is -2.47. The van der Waals surface area contributed by atoms with Crippen molar-refractivity contribution in [1.29, 1.82) is 0 Å². The molecule has 0 spiro atoms. The number of benzene rings is 2. The summed E-state index contributed by atoms with van der Waals surface area (Å²) < 4.78 is 34.4. The van der Waals surface area contributed by atoms with Gasteiger partial charge in [0.15, 0.2) is 0 Å². The molecule has 2 aromatic rings. The maximum atomic E-state index is 12.7. The summed E-state index contributed by atoms with van der Waals surface area (Å²) in [6, 6.07) is 15.7. The Morgan fingerprint density at radius 2 is 1.59 bits per heavy atom. The van der Waals surface area contributed by atoms with Crippen LogP contribution in [0.15, 0.2) is 53.4 Å². The molecule has 2 atom stereocenters. The Kier molecular flexibility index (Phi) is 6.51. The van der Waals surface area contributed by atoms with Crippen molar-refractivity contribution in [2.45, 2.75) is 69.3 Å². The lowest BCUT2D eigenvalue weighted by molar-refractivity contribution is -0.0977. The summed E-state index contributed by atoms with van der Waals surface area (Å²) in [5, 5.41) is 0. The Labute approximate surface area is 175 Å². The monoisotopic (exact) mass is 415 g/mol. The van der Waals surface area contributed by atoms with Crippen molar-refractivity contribution in [2.24, 2.45) is 0 Å². The van der Waals surface area contributed by atoms with Gasteiger partial charge in [0.2, 0.25) is 10.0 Å². The van der Waals surface area contributed by atoms with Gasteiger partial charge < -0.3 is 4.74 Å². The van der Waals surface area contributed by atoms with E-state index in [-0.39, 0.29) is 11.0 Å². The summed E-state index contributed by atoms with van der Waals surface area (Å²) in [5.74, 6) is 0. The highest BCUT2D eigenvalue weighted by atomic mass is 32.2. The maximum Gasteiger partial charge on any atom is 0.240 e. The third-order valence-electron chi connectivity index (χ3n) is 6.38. The Bertz CT molecular complexity index is 922. The Hall–Kier alpha value is -1.69. The molecule has 0 bridgehead atoms. The zero-order chi connectivity index (χ0) is 21.1. The zero-order valence-electron chi connectivity index (χ0n) is 18.0. The molecular weight excluding hydrogens is 382 g/mol. The first-order chi connectivity index (χ1) is 13.7. The van der Waals surface area contributed by atoms with Crippen LogP contribution in [0.2, 0.25) is 0 Å². The highest BCUT2D eigenvalue weighted by Crippen LogP contribution is 2.45. The van der Waals surface area contributed by atoms with Crippen LogP contribution in [0.1, 0.15) is 56.2 Å². The van der Waals surface area contributed by atoms with E-state index in [2.05, 4.69) is 49.8 Å². The van der Waals surface area contributed by atoms with E-state index in [1.807, 2.05) is 19.1 Å². The summed E-state index contributed by atoms with van der Waals surface area (Å²) >= 11 is 0. The number of hydrogen-bond donors (Lipinski definition) is 1. The maximum absolute atomic E-state index is 12.7. The molecule has 0 radical (unpaired) electrons. The van der Waals surface area contributed by atoms with Crippen LogP contribution in [0, 0.1) is 13.8 Å². The first-order valence-corrected chi connectivity index (χ1v) is 11.9. The molecule has 2 aromatic carbocycles. The van der Waals surface area contributed by atoms with Crippen LogP contribution < -0.4 is 4.72 Å². The van der Waals surface area contributed by atoms with Gasteiger partial charge in [-0.25, -0.2) is 13.1 Å². The second-order valence-corrected chi connectivity index (χ2v) is 10.5. The average Bonchev–Trinajstić information content (AvgIpc) is 2.69. The van der Waals surface area contributed by atoms with Gasteiger partial charge in [0, 0.05) is 18.6 Å². The van der Waals surface area contributed by atoms with E-state index in [1.165, 1.54) is 11.1 Å². The van der Waals surface area contributed by atoms with E-state index in [1.54, 1.807) is 12.1 Å². The van der Waals surface area contributed by atoms with Crippen molar-refractivity contribution >= 4 is 10.0 Å². The van der Waals surface area contributed by atoms with Crippen molar-refractivity contribution in [1.82, 2.24) is 4.72 Å². The molecule has 1 heterocycles. The zero-order valence-corrected chi connectivity index (χ0v) is 18.8. The van der Waals surface area contributed by atoms with Crippen LogP contribution in [-0.2, 0) is 20.2 Å². The smallest absolute Gasteiger partial charge is 0.240 e. The molecule has 0 unspecified atom stereocenters. The van der Waals surface area contributed by atoms with E-state index >= 15 is 0 Å². The molecule has 1 fully saturated rings. The predicted molar refractivity (Wildman–Crippen MR) is 118 cm³/mol. The molecule has 158 valence electrons. The Morgan fingerprint density at radius 3 is 2.17 bits per heavy atom. The minimum Gasteiger partial charge on any atom is -0.375 e. The normalized spacial score (nSPS) is 25.1. The molecule has 0 saturated carbocycles. The van der Waals surface area contributed by atoms with Crippen LogP contribution in [0.25, 0.3) is 0 Å². The molecule has 29 heavy (non-hydrogen) atoms. The van der Waals surface area contributed by atoms with E-state index < -0.39 is 10.0 Å². The highest BCUT2D eigenvalue weighted by Gasteiger charge is 2.43. The van der Waals surface area contributed by atoms with E-state index in [4.69, 9.17) is 4.74 Å². The van der Waals surface area contributed by atoms with Crippen LogP contribution in [0.4, 0.5) is 0 Å². The molecule has 1 aliphatic heterocycles. The lowest BCUT2D eigenvalue weighted by atomic mass is 9.66. The van der Waals surface area contributed by atoms with Gasteiger partial charge in [-0.15, -0.1) is 0 Å². The van der Waals surface area contributed by atoms with E-state index in [9.17, 15) is 8.42 Å². The molecule has 0 amide bonds. The number of nitrogens with one attached hydrogen (secondary N) is 1. The van der Waals surface area contributed by atoms with Crippen LogP contribution in [0.3, 0.4) is 0 Å². The van der Waals surface area contributed by atoms with Crippen molar-refractivity contribution in [3.8, 4) is 0 Å². The lowest BCUT2D eigenvalue weighted by Gasteiger charge is -2.47. The number of aryl methyl sites for hydroxylation is 2. The van der Waals surface area contributed by atoms with Crippen LogP contribution in [0.5, 0.6) is 0 Å². The quantitative estimate of drug-likeness (QED) is 0.700. The fourth-order valence-corrected chi connectivity index (χ4v) is 5.34. The van der Waals surface area contributed by atoms with Gasteiger partial charge in [-0.1, -0.05) is 54.4 Å². The Morgan fingerprint density at radius 1 is 1.00 bits per heavy atom. The third kappa shape index (κ3) is 5.08. The first-order valence-electron chi connectivity index (χ1n) is 10.5. The van der Waals surface area contributed by atoms with Crippen LogP contribution in [-0.4, -0.2) is 27.2 Å². The second-order valence-electron chi connectivity index (χ2n) is 8.69. The highest BCUT2D eigenvalue weighted by molar-refractivity contribution is 7.89. The number of rotatable bonds is 7. The second kappa shape index (κ2) is 8.58. The number of hydrogen-bond acceptors (Lipinski definition) is 3. The molecule has 5 heteroatoms. The standard InChI is InChI=1S/C24H33NO3S/c1-5-23(4)18-24(15-17-28-23,21-10-6-19(2)7-11-21)14-16-25-29(26,27)22-12-8-20(3)9-13-22/h6-13,25H,5,14-18H2,1-4H3/t23-,24+/m0/s1. The predicted octanol–water partition coefficient (Wildman–Crippen LogP) is 4.89. The molecule has 0 aliphatic carbocycles. The summed E-state index contributed by atoms with van der Waals surface area (Å²) in [5.41, 5.74) is 3.28. The summed E-state index contributed by atoms with van der Waals surface area (Å²) in [4.78, 5) is 0.317. The van der Waals surface area contributed by atoms with Gasteiger partial charge in [-0.05, 0) is 64.2 Å². The number of sulfonamides is 1. The fourth-order valence-electron chi connectivity index (χ4n) is 4.31. The summed E-state index contributed by atoms with van der Waals surface area (Å²) in [6.45, 7) is 9.47. The van der Waals surface area contributed by atoms with E-state index in [0.29, 0.717) is 18.0 Å². The molecule has 0 aromatic heterocycles. The van der Waals surface area contributed by atoms with Gasteiger partial charge in [0.1, 0.15) is 0 Å². The van der Waals surface area contributed by atoms with Gasteiger partial charge in [-0.2, -0.15) is 0 Å². The summed E-state index contributed by atoms with van der Waals surface area (Å²) in [6.07, 6.45) is 3.49. The van der Waals surface area contributed by atoms with Crippen molar-refractivity contribution in [2.75, 3.05) is 13.2 Å². The van der Waals surface area contributed by atoms with Gasteiger partial charge in [0.05, 0.1) is 10.5 Å². The Balaban J connectivity index is 1.80. The topological polar surface area (TPSA) is 55.4 Å².